The van der Waals surface area contributed by atoms with Crippen LogP contribution in [0.3, 0.4) is 0 Å². The van der Waals surface area contributed by atoms with Gasteiger partial charge in [0, 0.05) is 12.6 Å². The van der Waals surface area contributed by atoms with Gasteiger partial charge in [-0.05, 0) is 37.4 Å². The zero-order valence-corrected chi connectivity index (χ0v) is 11.5. The van der Waals surface area contributed by atoms with Gasteiger partial charge in [0.05, 0.1) is 5.75 Å². The van der Waals surface area contributed by atoms with Gasteiger partial charge in [0.2, 0.25) is 10.0 Å². The monoisotopic (exact) mass is 268 g/mol. The Bertz CT molecular complexity index is 495. The molecule has 0 aliphatic carbocycles. The van der Waals surface area contributed by atoms with Gasteiger partial charge in [0.15, 0.2) is 0 Å². The summed E-state index contributed by atoms with van der Waals surface area (Å²) in [7, 11) is -3.16. The number of hydrogen-bond donors (Lipinski definition) is 2. The Balaban J connectivity index is 1.82. The second kappa shape index (κ2) is 5.82. The third kappa shape index (κ3) is 3.80. The SMILES string of the molecule is Cc1ccccc1CNS(=O)(=O)CCC1CCN1. The molecule has 2 N–H and O–H groups in total. The molecule has 0 saturated carbocycles. The van der Waals surface area contributed by atoms with Crippen LogP contribution >= 0.6 is 0 Å². The van der Waals surface area contributed by atoms with Gasteiger partial charge < -0.3 is 5.32 Å². The average Bonchev–Trinajstić information content (AvgIpc) is 2.26. The summed E-state index contributed by atoms with van der Waals surface area (Å²) >= 11 is 0. The van der Waals surface area contributed by atoms with Crippen LogP contribution < -0.4 is 10.0 Å². The van der Waals surface area contributed by atoms with Crippen molar-refractivity contribution in [2.45, 2.75) is 32.4 Å². The number of sulfonamides is 1. The number of aryl methyl sites for hydroxylation is 1. The van der Waals surface area contributed by atoms with Crippen molar-refractivity contribution in [3.05, 3.63) is 35.4 Å². The summed E-state index contributed by atoms with van der Waals surface area (Å²) in [4.78, 5) is 0. The van der Waals surface area contributed by atoms with E-state index in [2.05, 4.69) is 10.0 Å². The van der Waals surface area contributed by atoms with Crippen molar-refractivity contribution < 1.29 is 8.42 Å². The average molecular weight is 268 g/mol. The van der Waals surface area contributed by atoms with Gasteiger partial charge in [-0.3, -0.25) is 0 Å². The largest absolute Gasteiger partial charge is 0.314 e. The van der Waals surface area contributed by atoms with Crippen molar-refractivity contribution >= 4 is 10.0 Å². The highest BCUT2D eigenvalue weighted by atomic mass is 32.2. The van der Waals surface area contributed by atoms with E-state index in [-0.39, 0.29) is 5.75 Å². The molecule has 4 nitrogen and oxygen atoms in total. The number of rotatable bonds is 6. The molecule has 1 atom stereocenters. The first-order chi connectivity index (χ1) is 8.57. The fourth-order valence-corrected chi connectivity index (χ4v) is 3.08. The highest BCUT2D eigenvalue weighted by Crippen LogP contribution is 2.09. The lowest BCUT2D eigenvalue weighted by molar-refractivity contribution is 0.361. The number of nitrogens with one attached hydrogen (secondary N) is 2. The summed E-state index contributed by atoms with van der Waals surface area (Å²) in [5.41, 5.74) is 2.14. The Morgan fingerprint density at radius 3 is 2.72 bits per heavy atom. The maximum Gasteiger partial charge on any atom is 0.211 e. The van der Waals surface area contributed by atoms with Crippen molar-refractivity contribution in [3.8, 4) is 0 Å². The first-order valence-electron chi connectivity index (χ1n) is 6.32. The van der Waals surface area contributed by atoms with Gasteiger partial charge in [-0.15, -0.1) is 0 Å². The highest BCUT2D eigenvalue weighted by molar-refractivity contribution is 7.89. The topological polar surface area (TPSA) is 58.2 Å². The van der Waals surface area contributed by atoms with Crippen LogP contribution in [-0.4, -0.2) is 26.8 Å². The van der Waals surface area contributed by atoms with Crippen molar-refractivity contribution in [2.75, 3.05) is 12.3 Å². The Labute approximate surface area is 109 Å². The van der Waals surface area contributed by atoms with Gasteiger partial charge >= 0.3 is 0 Å². The lowest BCUT2D eigenvalue weighted by Crippen LogP contribution is -2.44. The highest BCUT2D eigenvalue weighted by Gasteiger charge is 2.19. The molecule has 0 radical (unpaired) electrons. The van der Waals surface area contributed by atoms with Crippen LogP contribution in [0.1, 0.15) is 24.0 Å². The van der Waals surface area contributed by atoms with E-state index < -0.39 is 10.0 Å². The van der Waals surface area contributed by atoms with Gasteiger partial charge in [-0.1, -0.05) is 24.3 Å². The molecule has 5 heteroatoms. The van der Waals surface area contributed by atoms with Crippen LogP contribution in [-0.2, 0) is 16.6 Å². The Hall–Kier alpha value is -0.910. The van der Waals surface area contributed by atoms with E-state index in [4.69, 9.17) is 0 Å². The third-order valence-corrected chi connectivity index (χ3v) is 4.76. The zero-order chi connectivity index (χ0) is 13.0. The van der Waals surface area contributed by atoms with Crippen molar-refractivity contribution in [3.63, 3.8) is 0 Å². The van der Waals surface area contributed by atoms with Crippen LogP contribution in [0.25, 0.3) is 0 Å². The molecule has 0 spiro atoms. The van der Waals surface area contributed by atoms with E-state index in [1.165, 1.54) is 0 Å². The van der Waals surface area contributed by atoms with Crippen LogP contribution in [0.5, 0.6) is 0 Å². The molecule has 1 aromatic rings. The molecule has 1 aliphatic rings. The van der Waals surface area contributed by atoms with E-state index in [9.17, 15) is 8.42 Å². The summed E-state index contributed by atoms with van der Waals surface area (Å²) in [6, 6.07) is 8.21. The second-order valence-electron chi connectivity index (χ2n) is 4.79. The van der Waals surface area contributed by atoms with Gasteiger partial charge in [0.25, 0.3) is 0 Å². The fourth-order valence-electron chi connectivity index (χ4n) is 1.96. The van der Waals surface area contributed by atoms with Crippen molar-refractivity contribution in [1.29, 1.82) is 0 Å². The summed E-state index contributed by atoms with van der Waals surface area (Å²) in [5, 5.41) is 3.21. The van der Waals surface area contributed by atoms with Crippen molar-refractivity contribution in [2.24, 2.45) is 0 Å². The van der Waals surface area contributed by atoms with Crippen LogP contribution in [0.2, 0.25) is 0 Å². The predicted molar refractivity (Wildman–Crippen MR) is 72.8 cm³/mol. The standard InChI is InChI=1S/C13H20N2O2S/c1-11-4-2-3-5-12(11)10-15-18(16,17)9-7-13-6-8-14-13/h2-5,13-15H,6-10H2,1H3. The molecule has 18 heavy (non-hydrogen) atoms. The smallest absolute Gasteiger partial charge is 0.211 e. The van der Waals surface area contributed by atoms with Gasteiger partial charge in [-0.2, -0.15) is 0 Å². The van der Waals surface area contributed by atoms with Gasteiger partial charge in [-0.25, -0.2) is 13.1 Å². The minimum Gasteiger partial charge on any atom is -0.314 e. The quantitative estimate of drug-likeness (QED) is 0.814. The fraction of sp³-hybridized carbons (Fsp3) is 0.538. The van der Waals surface area contributed by atoms with Gasteiger partial charge in [0.1, 0.15) is 0 Å². The molecule has 1 unspecified atom stereocenters. The molecular weight excluding hydrogens is 248 g/mol. The summed E-state index contributed by atoms with van der Waals surface area (Å²) < 4.78 is 26.3. The molecule has 1 heterocycles. The third-order valence-electron chi connectivity index (χ3n) is 3.40. The van der Waals surface area contributed by atoms with E-state index in [0.29, 0.717) is 19.0 Å². The van der Waals surface area contributed by atoms with E-state index in [0.717, 1.165) is 24.1 Å². The first kappa shape index (κ1) is 13.5. The van der Waals surface area contributed by atoms with Crippen molar-refractivity contribution in [1.82, 2.24) is 10.0 Å². The molecular formula is C13H20N2O2S. The summed E-state index contributed by atoms with van der Waals surface area (Å²) in [6.07, 6.45) is 1.79. The molecule has 2 rings (SSSR count). The lowest BCUT2D eigenvalue weighted by Gasteiger charge is -2.27. The molecule has 1 aliphatic heterocycles. The predicted octanol–water partition coefficient (Wildman–Crippen LogP) is 1.17. The molecule has 1 aromatic carbocycles. The van der Waals surface area contributed by atoms with E-state index >= 15 is 0 Å². The van der Waals surface area contributed by atoms with E-state index in [1.54, 1.807) is 0 Å². The van der Waals surface area contributed by atoms with Crippen LogP contribution in [0.15, 0.2) is 24.3 Å². The van der Waals surface area contributed by atoms with Crippen LogP contribution in [0.4, 0.5) is 0 Å². The Morgan fingerprint density at radius 2 is 2.11 bits per heavy atom. The lowest BCUT2D eigenvalue weighted by atomic mass is 10.1. The minimum atomic E-state index is -3.16. The molecule has 0 bridgehead atoms. The molecule has 1 saturated heterocycles. The maximum atomic E-state index is 11.8. The molecule has 0 aromatic heterocycles. The summed E-state index contributed by atoms with van der Waals surface area (Å²) in [5.74, 6) is 0.205. The maximum absolute atomic E-state index is 11.8. The normalized spacial score (nSPS) is 19.5. The molecule has 0 amide bonds. The Morgan fingerprint density at radius 1 is 1.39 bits per heavy atom. The molecule has 1 fully saturated rings. The van der Waals surface area contributed by atoms with Crippen LogP contribution in [0, 0.1) is 6.92 Å². The number of hydrogen-bond acceptors (Lipinski definition) is 3. The molecule has 100 valence electrons. The Kier molecular flexibility index (Phi) is 4.37. The number of benzene rings is 1. The minimum absolute atomic E-state index is 0.205. The first-order valence-corrected chi connectivity index (χ1v) is 7.97. The summed E-state index contributed by atoms with van der Waals surface area (Å²) in [6.45, 7) is 3.39. The zero-order valence-electron chi connectivity index (χ0n) is 10.6. The van der Waals surface area contributed by atoms with E-state index in [1.807, 2.05) is 31.2 Å². The second-order valence-corrected chi connectivity index (χ2v) is 6.72.